The molecule has 17 heavy (non-hydrogen) atoms. The van der Waals surface area contributed by atoms with Crippen LogP contribution in [0.25, 0.3) is 0 Å². The first-order valence-electron chi connectivity index (χ1n) is 5.23. The number of hydrogen-bond acceptors (Lipinski definition) is 3. The fraction of sp³-hybridized carbons (Fsp3) is 0.600. The molecular formula is C10H15F2N3O2. The summed E-state index contributed by atoms with van der Waals surface area (Å²) in [5.74, 6) is -0.483. The highest BCUT2D eigenvalue weighted by Gasteiger charge is 2.24. The Hall–Kier alpha value is -1.50. The molecule has 0 aromatic carbocycles. The standard InChI is InChI=1S/C10H15F2N3O2/c1-8(15-4-2-3-13-15)10(17)14(5-6-16)7-9(11)12/h2-4,8-9,16H,5-7H2,1H3. The highest BCUT2D eigenvalue weighted by molar-refractivity contribution is 5.80. The van der Waals surface area contributed by atoms with Crippen LogP contribution in [0.3, 0.4) is 0 Å². The summed E-state index contributed by atoms with van der Waals surface area (Å²) >= 11 is 0. The molecule has 0 spiro atoms. The molecule has 1 amide bonds. The number of alkyl halides is 2. The summed E-state index contributed by atoms with van der Waals surface area (Å²) in [6.07, 6.45) is 0.477. The molecule has 0 saturated heterocycles. The van der Waals surface area contributed by atoms with Crippen molar-refractivity contribution in [2.24, 2.45) is 0 Å². The maximum Gasteiger partial charge on any atom is 0.255 e. The van der Waals surface area contributed by atoms with Gasteiger partial charge in [0, 0.05) is 18.9 Å². The quantitative estimate of drug-likeness (QED) is 0.797. The fourth-order valence-corrected chi connectivity index (χ4v) is 1.47. The second kappa shape index (κ2) is 6.29. The lowest BCUT2D eigenvalue weighted by molar-refractivity contribution is -0.137. The number of nitrogens with zero attached hydrogens (tertiary/aromatic N) is 3. The molecule has 96 valence electrons. The molecule has 7 heteroatoms. The van der Waals surface area contributed by atoms with Gasteiger partial charge in [0.25, 0.3) is 6.43 Å². The first-order chi connectivity index (χ1) is 8.06. The number of hydrogen-bond donors (Lipinski definition) is 1. The van der Waals surface area contributed by atoms with Crippen molar-refractivity contribution in [3.63, 3.8) is 0 Å². The number of carbonyl (C=O) groups is 1. The molecule has 1 rings (SSSR count). The van der Waals surface area contributed by atoms with Crippen LogP contribution in [0.5, 0.6) is 0 Å². The normalized spacial score (nSPS) is 12.8. The molecule has 0 radical (unpaired) electrons. The van der Waals surface area contributed by atoms with Crippen molar-refractivity contribution < 1.29 is 18.7 Å². The van der Waals surface area contributed by atoms with Crippen molar-refractivity contribution in [3.05, 3.63) is 18.5 Å². The Balaban J connectivity index is 2.70. The third-order valence-corrected chi connectivity index (χ3v) is 2.32. The second-order valence-corrected chi connectivity index (χ2v) is 3.56. The van der Waals surface area contributed by atoms with Crippen molar-refractivity contribution in [1.29, 1.82) is 0 Å². The molecule has 0 bridgehead atoms. The first-order valence-corrected chi connectivity index (χ1v) is 5.23. The molecule has 1 aromatic rings. The van der Waals surface area contributed by atoms with Crippen LogP contribution in [-0.4, -0.2) is 51.8 Å². The number of carbonyl (C=O) groups excluding carboxylic acids is 1. The number of halogens is 2. The molecule has 1 N–H and O–H groups in total. The average Bonchev–Trinajstić information content (AvgIpc) is 2.79. The monoisotopic (exact) mass is 247 g/mol. The van der Waals surface area contributed by atoms with Gasteiger partial charge in [-0.15, -0.1) is 0 Å². The van der Waals surface area contributed by atoms with Crippen LogP contribution < -0.4 is 0 Å². The lowest BCUT2D eigenvalue weighted by atomic mass is 10.3. The zero-order chi connectivity index (χ0) is 12.8. The molecule has 0 fully saturated rings. The van der Waals surface area contributed by atoms with Crippen LogP contribution in [0.1, 0.15) is 13.0 Å². The largest absolute Gasteiger partial charge is 0.395 e. The number of amides is 1. The summed E-state index contributed by atoms with van der Waals surface area (Å²) in [5, 5.41) is 12.6. The van der Waals surface area contributed by atoms with Crippen molar-refractivity contribution in [1.82, 2.24) is 14.7 Å². The molecule has 0 saturated carbocycles. The number of aliphatic hydroxyl groups is 1. The molecule has 5 nitrogen and oxygen atoms in total. The van der Waals surface area contributed by atoms with E-state index in [2.05, 4.69) is 5.10 Å². The molecule has 1 unspecified atom stereocenters. The van der Waals surface area contributed by atoms with Crippen LogP contribution in [0.2, 0.25) is 0 Å². The van der Waals surface area contributed by atoms with E-state index in [-0.39, 0.29) is 13.2 Å². The Bertz CT molecular complexity index is 343. The van der Waals surface area contributed by atoms with Gasteiger partial charge in [0.1, 0.15) is 6.04 Å². The minimum absolute atomic E-state index is 0.102. The molecule has 0 aliphatic heterocycles. The first kappa shape index (κ1) is 13.6. The van der Waals surface area contributed by atoms with E-state index in [1.807, 2.05) is 0 Å². The van der Waals surface area contributed by atoms with Gasteiger partial charge < -0.3 is 10.0 Å². The van der Waals surface area contributed by atoms with Gasteiger partial charge in [-0.1, -0.05) is 0 Å². The van der Waals surface area contributed by atoms with Crippen LogP contribution in [0, 0.1) is 0 Å². The lowest BCUT2D eigenvalue weighted by Gasteiger charge is -2.24. The number of rotatable bonds is 6. The van der Waals surface area contributed by atoms with Gasteiger partial charge in [0.2, 0.25) is 5.91 Å². The van der Waals surface area contributed by atoms with Gasteiger partial charge in [-0.25, -0.2) is 8.78 Å². The van der Waals surface area contributed by atoms with E-state index in [1.165, 1.54) is 10.9 Å². The van der Waals surface area contributed by atoms with E-state index in [9.17, 15) is 13.6 Å². The Morgan fingerprint density at radius 1 is 1.59 bits per heavy atom. The Labute approximate surface area is 97.6 Å². The third kappa shape index (κ3) is 3.77. The van der Waals surface area contributed by atoms with Crippen LogP contribution in [0.4, 0.5) is 8.78 Å². The number of aliphatic hydroxyl groups excluding tert-OH is 1. The summed E-state index contributed by atoms with van der Waals surface area (Å²) in [6.45, 7) is 0.454. The van der Waals surface area contributed by atoms with E-state index < -0.39 is 24.9 Å². The summed E-state index contributed by atoms with van der Waals surface area (Å²) < 4.78 is 25.9. The van der Waals surface area contributed by atoms with E-state index >= 15 is 0 Å². The van der Waals surface area contributed by atoms with Crippen molar-refractivity contribution in [2.75, 3.05) is 19.7 Å². The Morgan fingerprint density at radius 3 is 2.76 bits per heavy atom. The van der Waals surface area contributed by atoms with Crippen molar-refractivity contribution >= 4 is 5.91 Å². The van der Waals surface area contributed by atoms with Crippen LogP contribution in [-0.2, 0) is 4.79 Å². The van der Waals surface area contributed by atoms with Crippen LogP contribution in [0.15, 0.2) is 18.5 Å². The molecule has 0 aliphatic carbocycles. The molecule has 0 aliphatic rings. The van der Waals surface area contributed by atoms with E-state index in [0.29, 0.717) is 0 Å². The van der Waals surface area contributed by atoms with Gasteiger partial charge >= 0.3 is 0 Å². The van der Waals surface area contributed by atoms with E-state index in [0.717, 1.165) is 4.90 Å². The molecule has 1 atom stereocenters. The van der Waals surface area contributed by atoms with Gasteiger partial charge in [-0.05, 0) is 13.0 Å². The second-order valence-electron chi connectivity index (χ2n) is 3.56. The highest BCUT2D eigenvalue weighted by atomic mass is 19.3. The zero-order valence-electron chi connectivity index (χ0n) is 9.46. The Morgan fingerprint density at radius 2 is 2.29 bits per heavy atom. The molecular weight excluding hydrogens is 232 g/mol. The SMILES string of the molecule is CC(C(=O)N(CCO)CC(F)F)n1cccn1. The predicted octanol–water partition coefficient (Wildman–Crippen LogP) is 0.530. The summed E-state index contributed by atoms with van der Waals surface area (Å²) in [6, 6.07) is 0.989. The lowest BCUT2D eigenvalue weighted by Crippen LogP contribution is -2.41. The minimum Gasteiger partial charge on any atom is -0.395 e. The number of aromatic nitrogens is 2. The fourth-order valence-electron chi connectivity index (χ4n) is 1.47. The molecule has 1 aromatic heterocycles. The van der Waals surface area contributed by atoms with E-state index in [4.69, 9.17) is 5.11 Å². The summed E-state index contributed by atoms with van der Waals surface area (Å²) in [5.41, 5.74) is 0. The van der Waals surface area contributed by atoms with Crippen molar-refractivity contribution in [2.45, 2.75) is 19.4 Å². The van der Waals surface area contributed by atoms with E-state index in [1.54, 1.807) is 19.2 Å². The maximum atomic E-state index is 12.3. The maximum absolute atomic E-state index is 12.3. The van der Waals surface area contributed by atoms with Crippen LogP contribution >= 0.6 is 0 Å². The Kier molecular flexibility index (Phi) is 5.02. The van der Waals surface area contributed by atoms with Gasteiger partial charge in [0.05, 0.1) is 13.2 Å². The smallest absolute Gasteiger partial charge is 0.255 e. The third-order valence-electron chi connectivity index (χ3n) is 2.32. The highest BCUT2D eigenvalue weighted by Crippen LogP contribution is 2.10. The average molecular weight is 247 g/mol. The van der Waals surface area contributed by atoms with Gasteiger partial charge in [0.15, 0.2) is 0 Å². The minimum atomic E-state index is -2.62. The summed E-state index contributed by atoms with van der Waals surface area (Å²) in [4.78, 5) is 12.8. The van der Waals surface area contributed by atoms with Gasteiger partial charge in [-0.3, -0.25) is 9.48 Å². The predicted molar refractivity (Wildman–Crippen MR) is 56.6 cm³/mol. The van der Waals surface area contributed by atoms with Crippen molar-refractivity contribution in [3.8, 4) is 0 Å². The zero-order valence-corrected chi connectivity index (χ0v) is 9.46. The molecule has 1 heterocycles. The van der Waals surface area contributed by atoms with Gasteiger partial charge in [-0.2, -0.15) is 5.10 Å². The summed E-state index contributed by atoms with van der Waals surface area (Å²) in [7, 11) is 0. The topological polar surface area (TPSA) is 58.4 Å².